The molecule has 0 bridgehead atoms. The van der Waals surface area contributed by atoms with Crippen LogP contribution in [0.2, 0.25) is 0 Å². The smallest absolute Gasteiger partial charge is 0.274 e. The second-order valence-electron chi connectivity index (χ2n) is 5.35. The Hall–Kier alpha value is -2.40. The number of thiophene rings is 1. The van der Waals surface area contributed by atoms with Crippen molar-refractivity contribution in [3.8, 4) is 10.6 Å². The van der Waals surface area contributed by atoms with E-state index in [9.17, 15) is 4.79 Å². The van der Waals surface area contributed by atoms with E-state index in [1.807, 2.05) is 66.5 Å². The van der Waals surface area contributed by atoms with Gasteiger partial charge in [0.25, 0.3) is 5.91 Å². The van der Waals surface area contributed by atoms with Crippen molar-refractivity contribution in [2.24, 2.45) is 0 Å². The maximum absolute atomic E-state index is 12.7. The Morgan fingerprint density at radius 1 is 1.22 bits per heavy atom. The standard InChI is InChI=1S/C18H19N3OS/c1-3-21-16(17-10-7-11-23-17)12-15(19-21)18(22)20(2)13-14-8-5-4-6-9-14/h4-12H,3,13H2,1-2H3. The number of nitrogens with zero attached hydrogens (tertiary/aromatic N) is 3. The van der Waals surface area contributed by atoms with E-state index < -0.39 is 0 Å². The van der Waals surface area contributed by atoms with Gasteiger partial charge in [-0.3, -0.25) is 9.48 Å². The number of carbonyl (C=O) groups is 1. The number of aromatic nitrogens is 2. The molecule has 0 saturated heterocycles. The van der Waals surface area contributed by atoms with Crippen LogP contribution < -0.4 is 0 Å². The Morgan fingerprint density at radius 3 is 2.65 bits per heavy atom. The van der Waals surface area contributed by atoms with Crippen LogP contribution in [0.3, 0.4) is 0 Å². The van der Waals surface area contributed by atoms with E-state index in [1.54, 1.807) is 16.2 Å². The molecule has 0 spiro atoms. The van der Waals surface area contributed by atoms with Gasteiger partial charge < -0.3 is 4.90 Å². The average Bonchev–Trinajstić information content (AvgIpc) is 3.24. The molecule has 1 aromatic carbocycles. The molecule has 0 unspecified atom stereocenters. The molecular weight excluding hydrogens is 306 g/mol. The molecule has 23 heavy (non-hydrogen) atoms. The Balaban J connectivity index is 1.82. The van der Waals surface area contributed by atoms with Gasteiger partial charge in [0, 0.05) is 20.1 Å². The largest absolute Gasteiger partial charge is 0.336 e. The van der Waals surface area contributed by atoms with Crippen LogP contribution in [0.4, 0.5) is 0 Å². The maximum atomic E-state index is 12.7. The highest BCUT2D eigenvalue weighted by molar-refractivity contribution is 7.13. The second-order valence-corrected chi connectivity index (χ2v) is 6.30. The van der Waals surface area contributed by atoms with E-state index in [0.29, 0.717) is 12.2 Å². The number of carbonyl (C=O) groups excluding carboxylic acids is 1. The predicted molar refractivity (Wildman–Crippen MR) is 93.5 cm³/mol. The molecular formula is C18H19N3OS. The molecule has 0 aliphatic heterocycles. The van der Waals surface area contributed by atoms with Gasteiger partial charge in [-0.2, -0.15) is 5.10 Å². The van der Waals surface area contributed by atoms with Crippen LogP contribution in [0.1, 0.15) is 23.0 Å². The molecule has 0 N–H and O–H groups in total. The molecule has 2 heterocycles. The lowest BCUT2D eigenvalue weighted by molar-refractivity contribution is 0.0778. The van der Waals surface area contributed by atoms with Crippen molar-refractivity contribution < 1.29 is 4.79 Å². The van der Waals surface area contributed by atoms with Crippen LogP contribution in [-0.4, -0.2) is 27.6 Å². The van der Waals surface area contributed by atoms with E-state index in [4.69, 9.17) is 0 Å². The fourth-order valence-corrected chi connectivity index (χ4v) is 3.26. The van der Waals surface area contributed by atoms with Gasteiger partial charge in [-0.25, -0.2) is 0 Å². The van der Waals surface area contributed by atoms with Crippen molar-refractivity contribution in [2.45, 2.75) is 20.0 Å². The highest BCUT2D eigenvalue weighted by Gasteiger charge is 2.18. The zero-order valence-electron chi connectivity index (χ0n) is 13.3. The molecule has 3 rings (SSSR count). The first kappa shape index (κ1) is 15.5. The van der Waals surface area contributed by atoms with Gasteiger partial charge in [-0.1, -0.05) is 36.4 Å². The van der Waals surface area contributed by atoms with Crippen molar-refractivity contribution in [2.75, 3.05) is 7.05 Å². The SMILES string of the molecule is CCn1nc(C(=O)N(C)Cc2ccccc2)cc1-c1cccs1. The minimum atomic E-state index is -0.0566. The number of hydrogen-bond donors (Lipinski definition) is 0. The number of aryl methyl sites for hydroxylation is 1. The second kappa shape index (κ2) is 6.79. The van der Waals surface area contributed by atoms with Gasteiger partial charge in [0.05, 0.1) is 10.6 Å². The summed E-state index contributed by atoms with van der Waals surface area (Å²) in [5.74, 6) is -0.0566. The first-order valence-corrected chi connectivity index (χ1v) is 8.48. The summed E-state index contributed by atoms with van der Waals surface area (Å²) in [6, 6.07) is 15.9. The van der Waals surface area contributed by atoms with Gasteiger partial charge >= 0.3 is 0 Å². The van der Waals surface area contributed by atoms with Crippen molar-refractivity contribution >= 4 is 17.2 Å². The van der Waals surface area contributed by atoms with Gasteiger partial charge in [0.15, 0.2) is 5.69 Å². The van der Waals surface area contributed by atoms with Crippen LogP contribution in [0.15, 0.2) is 53.9 Å². The Bertz CT molecular complexity index is 778. The molecule has 5 heteroatoms. The number of amides is 1. The maximum Gasteiger partial charge on any atom is 0.274 e. The highest BCUT2D eigenvalue weighted by Crippen LogP contribution is 2.26. The van der Waals surface area contributed by atoms with Crippen LogP contribution in [0, 0.1) is 0 Å². The summed E-state index contributed by atoms with van der Waals surface area (Å²) >= 11 is 1.66. The van der Waals surface area contributed by atoms with Gasteiger partial charge in [0.1, 0.15) is 0 Å². The molecule has 0 fully saturated rings. The van der Waals surface area contributed by atoms with E-state index >= 15 is 0 Å². The minimum Gasteiger partial charge on any atom is -0.336 e. The Morgan fingerprint density at radius 2 is 2.00 bits per heavy atom. The van der Waals surface area contributed by atoms with Crippen molar-refractivity contribution in [3.05, 3.63) is 65.2 Å². The molecule has 0 saturated carbocycles. The molecule has 0 aliphatic carbocycles. The summed E-state index contributed by atoms with van der Waals surface area (Å²) in [5, 5.41) is 6.51. The normalized spacial score (nSPS) is 10.7. The fraction of sp³-hybridized carbons (Fsp3) is 0.222. The quantitative estimate of drug-likeness (QED) is 0.713. The predicted octanol–water partition coefficient (Wildman–Crippen LogP) is 3.90. The van der Waals surface area contributed by atoms with Crippen LogP contribution in [0.25, 0.3) is 10.6 Å². The third kappa shape index (κ3) is 3.35. The number of hydrogen-bond acceptors (Lipinski definition) is 3. The van der Waals surface area contributed by atoms with Gasteiger partial charge in [-0.15, -0.1) is 11.3 Å². The fourth-order valence-electron chi connectivity index (χ4n) is 2.51. The summed E-state index contributed by atoms with van der Waals surface area (Å²) in [4.78, 5) is 15.5. The summed E-state index contributed by atoms with van der Waals surface area (Å²) < 4.78 is 1.88. The van der Waals surface area contributed by atoms with Crippen molar-refractivity contribution in [3.63, 3.8) is 0 Å². The minimum absolute atomic E-state index is 0.0566. The first-order valence-electron chi connectivity index (χ1n) is 7.60. The molecule has 2 aromatic heterocycles. The molecule has 3 aromatic rings. The zero-order valence-corrected chi connectivity index (χ0v) is 14.1. The zero-order chi connectivity index (χ0) is 16.2. The van der Waals surface area contributed by atoms with Gasteiger partial charge in [-0.05, 0) is 30.0 Å². The molecule has 0 radical (unpaired) electrons. The monoisotopic (exact) mass is 325 g/mol. The third-order valence-electron chi connectivity index (χ3n) is 3.68. The lowest BCUT2D eigenvalue weighted by atomic mass is 10.2. The summed E-state index contributed by atoms with van der Waals surface area (Å²) in [7, 11) is 1.81. The summed E-state index contributed by atoms with van der Waals surface area (Å²) in [6.45, 7) is 3.35. The van der Waals surface area contributed by atoms with E-state index in [-0.39, 0.29) is 5.91 Å². The van der Waals surface area contributed by atoms with Crippen molar-refractivity contribution in [1.82, 2.24) is 14.7 Å². The molecule has 4 nitrogen and oxygen atoms in total. The molecule has 118 valence electrons. The van der Waals surface area contributed by atoms with Crippen LogP contribution in [-0.2, 0) is 13.1 Å². The Labute approximate surface area is 140 Å². The topological polar surface area (TPSA) is 38.1 Å². The van der Waals surface area contributed by atoms with Crippen molar-refractivity contribution in [1.29, 1.82) is 0 Å². The van der Waals surface area contributed by atoms with E-state index in [1.165, 1.54) is 0 Å². The van der Waals surface area contributed by atoms with Gasteiger partial charge in [0.2, 0.25) is 0 Å². The number of benzene rings is 1. The summed E-state index contributed by atoms with van der Waals surface area (Å²) in [5.41, 5.74) is 2.60. The lowest BCUT2D eigenvalue weighted by Crippen LogP contribution is -2.26. The first-order chi connectivity index (χ1) is 11.2. The van der Waals surface area contributed by atoms with E-state index in [0.717, 1.165) is 22.7 Å². The van der Waals surface area contributed by atoms with E-state index in [2.05, 4.69) is 11.2 Å². The third-order valence-corrected chi connectivity index (χ3v) is 4.57. The van der Waals surface area contributed by atoms with Crippen LogP contribution in [0.5, 0.6) is 0 Å². The van der Waals surface area contributed by atoms with Crippen LogP contribution >= 0.6 is 11.3 Å². The Kier molecular flexibility index (Phi) is 4.57. The molecule has 1 amide bonds. The molecule has 0 atom stereocenters. The summed E-state index contributed by atoms with van der Waals surface area (Å²) in [6.07, 6.45) is 0. The number of rotatable bonds is 5. The molecule has 0 aliphatic rings. The lowest BCUT2D eigenvalue weighted by Gasteiger charge is -2.15. The highest BCUT2D eigenvalue weighted by atomic mass is 32.1. The average molecular weight is 325 g/mol.